The maximum atomic E-state index is 12.8. The van der Waals surface area contributed by atoms with Crippen LogP contribution in [-0.4, -0.2) is 27.5 Å². The summed E-state index contributed by atoms with van der Waals surface area (Å²) in [7, 11) is 0. The van der Waals surface area contributed by atoms with E-state index in [1.54, 1.807) is 73.1 Å². The van der Waals surface area contributed by atoms with E-state index in [0.717, 1.165) is 0 Å². The van der Waals surface area contributed by atoms with Gasteiger partial charge in [-0.05, 0) is 60.7 Å². The molecular formula is C25H19Cl2N7O. The Morgan fingerprint density at radius 2 is 1.43 bits per heavy atom. The molecule has 2 aromatic carbocycles. The summed E-state index contributed by atoms with van der Waals surface area (Å²) < 4.78 is 0. The minimum Gasteiger partial charge on any atom is -0.382 e. The number of amidine groups is 2. The molecule has 0 aliphatic carbocycles. The molecule has 0 unspecified atom stereocenters. The van der Waals surface area contributed by atoms with Crippen molar-refractivity contribution in [1.29, 1.82) is 0 Å². The number of rotatable bonds is 6. The Morgan fingerprint density at radius 3 is 2.00 bits per heavy atom. The molecule has 0 radical (unpaired) electrons. The Balaban J connectivity index is 1.48. The molecule has 8 nitrogen and oxygen atoms in total. The van der Waals surface area contributed by atoms with E-state index in [1.807, 2.05) is 6.07 Å². The van der Waals surface area contributed by atoms with Crippen molar-refractivity contribution in [2.75, 3.05) is 5.32 Å². The number of carbonyl (C=O) groups excluding carboxylic acids is 1. The van der Waals surface area contributed by atoms with E-state index in [1.165, 1.54) is 6.07 Å². The van der Waals surface area contributed by atoms with Crippen LogP contribution in [0, 0.1) is 0 Å². The van der Waals surface area contributed by atoms with Gasteiger partial charge in [-0.2, -0.15) is 0 Å². The van der Waals surface area contributed by atoms with E-state index in [9.17, 15) is 4.79 Å². The quantitative estimate of drug-likeness (QED) is 0.248. The third-order valence-corrected chi connectivity index (χ3v) is 5.37. The van der Waals surface area contributed by atoms with Gasteiger partial charge in [0.2, 0.25) is 0 Å². The van der Waals surface area contributed by atoms with Crippen molar-refractivity contribution in [3.63, 3.8) is 0 Å². The first-order chi connectivity index (χ1) is 16.9. The number of aromatic nitrogens is 2. The SMILES string of the molecule is NC(=Nc1ccc(NC(=O)c2ccc(N=C(N)c3ccccn3)c(Cl)c2)c(Cl)c1)c1ccccn1. The Bertz CT molecular complexity index is 1420. The van der Waals surface area contributed by atoms with Crippen molar-refractivity contribution >= 4 is 57.8 Å². The standard InChI is InChI=1S/C25H19Cl2N7O/c26-17-13-15(7-9-19(17)33-24(29)22-6-2-4-12-31-22)25(35)34-20-10-8-16(14-18(20)27)32-23(28)21-5-1-3-11-30-21/h1-14H,(H2,28,32)(H2,29,33)(H,34,35). The van der Waals surface area contributed by atoms with Gasteiger partial charge in [0.15, 0.2) is 0 Å². The molecule has 0 saturated heterocycles. The number of nitrogens with zero attached hydrogens (tertiary/aromatic N) is 4. The number of hydrogen-bond acceptors (Lipinski definition) is 5. The van der Waals surface area contributed by atoms with E-state index in [4.69, 9.17) is 34.7 Å². The normalized spacial score (nSPS) is 11.8. The first kappa shape index (κ1) is 23.9. The molecule has 10 heteroatoms. The lowest BCUT2D eigenvalue weighted by Crippen LogP contribution is -2.14. The number of hydrogen-bond donors (Lipinski definition) is 3. The van der Waals surface area contributed by atoms with Crippen LogP contribution in [0.2, 0.25) is 10.0 Å². The monoisotopic (exact) mass is 503 g/mol. The summed E-state index contributed by atoms with van der Waals surface area (Å²) in [6, 6.07) is 20.3. The van der Waals surface area contributed by atoms with Gasteiger partial charge in [0.25, 0.3) is 5.91 Å². The van der Waals surface area contributed by atoms with Gasteiger partial charge in [0, 0.05) is 18.0 Å². The van der Waals surface area contributed by atoms with Crippen LogP contribution in [0.3, 0.4) is 0 Å². The molecule has 1 amide bonds. The van der Waals surface area contributed by atoms with Crippen molar-refractivity contribution in [2.24, 2.45) is 21.5 Å². The predicted molar refractivity (Wildman–Crippen MR) is 140 cm³/mol. The average Bonchev–Trinajstić information content (AvgIpc) is 2.87. The number of halogens is 2. The number of benzene rings is 2. The fourth-order valence-electron chi connectivity index (χ4n) is 3.02. The van der Waals surface area contributed by atoms with E-state index in [-0.39, 0.29) is 16.7 Å². The number of amides is 1. The zero-order chi connectivity index (χ0) is 24.8. The summed E-state index contributed by atoms with van der Waals surface area (Å²) in [5.41, 5.74) is 14.7. The van der Waals surface area contributed by atoms with Crippen molar-refractivity contribution in [2.45, 2.75) is 0 Å². The molecule has 4 aromatic rings. The van der Waals surface area contributed by atoms with Crippen LogP contribution in [0.1, 0.15) is 21.7 Å². The second kappa shape index (κ2) is 10.8. The lowest BCUT2D eigenvalue weighted by atomic mass is 10.2. The Morgan fingerprint density at radius 1 is 0.771 bits per heavy atom. The molecule has 35 heavy (non-hydrogen) atoms. The van der Waals surface area contributed by atoms with Crippen LogP contribution >= 0.6 is 23.2 Å². The smallest absolute Gasteiger partial charge is 0.255 e. The number of nitrogens with two attached hydrogens (primary N) is 2. The highest BCUT2D eigenvalue weighted by Crippen LogP contribution is 2.29. The van der Waals surface area contributed by atoms with Crippen molar-refractivity contribution in [3.8, 4) is 0 Å². The van der Waals surface area contributed by atoms with Crippen molar-refractivity contribution < 1.29 is 4.79 Å². The first-order valence-electron chi connectivity index (χ1n) is 10.3. The molecule has 0 atom stereocenters. The minimum absolute atomic E-state index is 0.211. The molecule has 0 aliphatic rings. The zero-order valence-electron chi connectivity index (χ0n) is 18.2. The lowest BCUT2D eigenvalue weighted by Gasteiger charge is -2.09. The number of anilines is 1. The summed E-state index contributed by atoms with van der Waals surface area (Å²) in [5.74, 6) is 0.0636. The van der Waals surface area contributed by atoms with Crippen molar-refractivity contribution in [1.82, 2.24) is 9.97 Å². The highest BCUT2D eigenvalue weighted by molar-refractivity contribution is 6.35. The third-order valence-electron chi connectivity index (χ3n) is 4.76. The largest absolute Gasteiger partial charge is 0.382 e. The van der Waals surface area contributed by atoms with Gasteiger partial charge >= 0.3 is 0 Å². The average molecular weight is 504 g/mol. The summed E-state index contributed by atoms with van der Waals surface area (Å²) in [5, 5.41) is 3.32. The van der Waals surface area contributed by atoms with Crippen LogP contribution < -0.4 is 16.8 Å². The molecule has 0 aliphatic heterocycles. The Hall–Kier alpha value is -4.27. The van der Waals surface area contributed by atoms with Crippen LogP contribution in [0.4, 0.5) is 17.1 Å². The molecule has 5 N–H and O–H groups in total. The molecule has 2 aromatic heterocycles. The maximum absolute atomic E-state index is 12.8. The van der Waals surface area contributed by atoms with E-state index < -0.39 is 5.91 Å². The second-order valence-corrected chi connectivity index (χ2v) is 8.02. The Labute approximate surface area is 211 Å². The summed E-state index contributed by atoms with van der Waals surface area (Å²) >= 11 is 12.7. The van der Waals surface area contributed by atoms with Gasteiger partial charge in [0.05, 0.1) is 27.1 Å². The topological polar surface area (TPSA) is 132 Å². The van der Waals surface area contributed by atoms with Crippen molar-refractivity contribution in [3.05, 3.63) is 112 Å². The molecule has 174 valence electrons. The molecule has 2 heterocycles. The minimum atomic E-state index is -0.397. The third kappa shape index (κ3) is 6.00. The highest BCUT2D eigenvalue weighted by Gasteiger charge is 2.12. The number of carbonyl (C=O) groups is 1. The van der Waals surface area contributed by atoms with Gasteiger partial charge in [0.1, 0.15) is 23.1 Å². The molecule has 0 bridgehead atoms. The fourth-order valence-corrected chi connectivity index (χ4v) is 3.47. The van der Waals surface area contributed by atoms with Gasteiger partial charge in [-0.1, -0.05) is 35.3 Å². The van der Waals surface area contributed by atoms with Gasteiger partial charge in [-0.3, -0.25) is 14.8 Å². The summed E-state index contributed by atoms with van der Waals surface area (Å²) in [6.07, 6.45) is 3.25. The highest BCUT2D eigenvalue weighted by atomic mass is 35.5. The van der Waals surface area contributed by atoms with Crippen LogP contribution in [0.15, 0.2) is 95.2 Å². The van der Waals surface area contributed by atoms with Crippen LogP contribution in [0.5, 0.6) is 0 Å². The molecular weight excluding hydrogens is 485 g/mol. The summed E-state index contributed by atoms with van der Waals surface area (Å²) in [4.78, 5) is 29.7. The number of nitrogens with one attached hydrogen (secondary N) is 1. The maximum Gasteiger partial charge on any atom is 0.255 e. The molecule has 4 rings (SSSR count). The van der Waals surface area contributed by atoms with E-state index in [0.29, 0.717) is 39.0 Å². The predicted octanol–water partition coefficient (Wildman–Crippen LogP) is 5.11. The number of pyridine rings is 2. The second-order valence-electron chi connectivity index (χ2n) is 7.21. The Kier molecular flexibility index (Phi) is 7.35. The van der Waals surface area contributed by atoms with Gasteiger partial charge < -0.3 is 16.8 Å². The number of aliphatic imine (C=N–C) groups is 2. The summed E-state index contributed by atoms with van der Waals surface area (Å²) in [6.45, 7) is 0. The van der Waals surface area contributed by atoms with Crippen LogP contribution in [0.25, 0.3) is 0 Å². The van der Waals surface area contributed by atoms with Gasteiger partial charge in [-0.15, -0.1) is 0 Å². The van der Waals surface area contributed by atoms with Gasteiger partial charge in [-0.25, -0.2) is 9.98 Å². The fraction of sp³-hybridized carbons (Fsp3) is 0. The van der Waals surface area contributed by atoms with E-state index in [2.05, 4.69) is 25.3 Å². The van der Waals surface area contributed by atoms with E-state index >= 15 is 0 Å². The lowest BCUT2D eigenvalue weighted by molar-refractivity contribution is 0.102. The molecule has 0 saturated carbocycles. The molecule has 0 spiro atoms. The molecule has 0 fully saturated rings. The zero-order valence-corrected chi connectivity index (χ0v) is 19.7. The first-order valence-corrected chi connectivity index (χ1v) is 11.1. The van der Waals surface area contributed by atoms with Crippen LogP contribution in [-0.2, 0) is 0 Å².